The zero-order valence-corrected chi connectivity index (χ0v) is 11.4. The molecule has 0 spiro atoms. The molecule has 120 valence electrons. The molecule has 1 rings (SSSR count). The molecule has 21 heavy (non-hydrogen) atoms. The number of aliphatic hydroxyl groups is 3. The van der Waals surface area contributed by atoms with Crippen molar-refractivity contribution in [1.29, 1.82) is 0 Å². The van der Waals surface area contributed by atoms with Gasteiger partial charge in [-0.3, -0.25) is 0 Å². The Bertz CT molecular complexity index is 399. The molecular weight excluding hydrogens is 280 g/mol. The van der Waals surface area contributed by atoms with E-state index in [0.29, 0.717) is 17.3 Å². The molecule has 0 radical (unpaired) electrons. The molecule has 1 heterocycles. The van der Waals surface area contributed by atoms with Gasteiger partial charge in [0.25, 0.3) is 0 Å². The van der Waals surface area contributed by atoms with E-state index in [9.17, 15) is 0 Å². The van der Waals surface area contributed by atoms with Gasteiger partial charge >= 0.3 is 0 Å². The molecule has 0 aromatic carbocycles. The second-order valence-corrected chi connectivity index (χ2v) is 4.29. The highest BCUT2D eigenvalue weighted by molar-refractivity contribution is 5.76. The number of aliphatic hydroxyl groups excluding tert-OH is 3. The topological polar surface area (TPSA) is 201 Å². The number of nitrogens with zero attached hydrogens (tertiary/aromatic N) is 2. The highest BCUT2D eigenvalue weighted by atomic mass is 16.3. The number of aromatic nitrogens is 2. The Morgan fingerprint density at radius 1 is 0.810 bits per heavy atom. The quantitative estimate of drug-likeness (QED) is 0.205. The van der Waals surface area contributed by atoms with Crippen LogP contribution in [0.1, 0.15) is 0 Å². The largest absolute Gasteiger partial charge is 0.377 e. The van der Waals surface area contributed by atoms with E-state index in [-0.39, 0.29) is 19.6 Å². The van der Waals surface area contributed by atoms with E-state index in [1.165, 1.54) is 6.33 Å². The van der Waals surface area contributed by atoms with Gasteiger partial charge in [-0.1, -0.05) is 0 Å². The molecule has 0 aliphatic rings. The zero-order valence-electron chi connectivity index (χ0n) is 11.4. The third-order valence-electron chi connectivity index (χ3n) is 2.29. The Kier molecular flexibility index (Phi) is 7.01. The van der Waals surface area contributed by atoms with Gasteiger partial charge in [-0.25, -0.2) is 9.97 Å². The average Bonchev–Trinajstić information content (AvgIpc) is 2.40. The van der Waals surface area contributed by atoms with Crippen molar-refractivity contribution in [3.05, 3.63) is 6.33 Å². The molecule has 0 aliphatic carbocycles. The van der Waals surface area contributed by atoms with E-state index in [0.717, 1.165) is 0 Å². The van der Waals surface area contributed by atoms with E-state index in [2.05, 4.69) is 25.9 Å². The summed E-state index contributed by atoms with van der Waals surface area (Å²) in [6.45, 7) is 0.179. The summed E-state index contributed by atoms with van der Waals surface area (Å²) in [5.41, 5.74) is 16.2. The average molecular weight is 302 g/mol. The minimum atomic E-state index is -1.08. The molecular formula is C10H22N8O3. The maximum atomic E-state index is 9.15. The number of rotatable bonds is 9. The van der Waals surface area contributed by atoms with Crippen LogP contribution in [-0.2, 0) is 0 Å². The Balaban J connectivity index is 2.90. The predicted octanol–water partition coefficient (Wildman–Crippen LogP) is -3.46. The van der Waals surface area contributed by atoms with Crippen LogP contribution in [0, 0.1) is 0 Å². The van der Waals surface area contributed by atoms with Gasteiger partial charge in [0.05, 0.1) is 19.6 Å². The number of anilines is 3. The van der Waals surface area contributed by atoms with Gasteiger partial charge in [-0.05, 0) is 0 Å². The van der Waals surface area contributed by atoms with Crippen molar-refractivity contribution < 1.29 is 15.3 Å². The van der Waals surface area contributed by atoms with Crippen molar-refractivity contribution in [2.75, 3.05) is 35.6 Å². The molecule has 11 heteroatoms. The second-order valence-electron chi connectivity index (χ2n) is 4.29. The van der Waals surface area contributed by atoms with Gasteiger partial charge in [-0.15, -0.1) is 0 Å². The first-order valence-corrected chi connectivity index (χ1v) is 6.27. The minimum absolute atomic E-state index is 0.0487. The second kappa shape index (κ2) is 8.51. The Hall–Kier alpha value is -1.76. The first-order valence-electron chi connectivity index (χ1n) is 6.27. The molecule has 0 fully saturated rings. The summed E-state index contributed by atoms with van der Waals surface area (Å²) in [5, 5.41) is 35.8. The fourth-order valence-electron chi connectivity index (χ4n) is 1.43. The normalized spacial score (nSPS) is 15.1. The zero-order chi connectivity index (χ0) is 15.8. The van der Waals surface area contributed by atoms with Crippen molar-refractivity contribution >= 4 is 17.3 Å². The van der Waals surface area contributed by atoms with Gasteiger partial charge in [0.15, 0.2) is 11.6 Å². The first kappa shape index (κ1) is 17.3. The number of nitrogens with one attached hydrogen (secondary N) is 3. The van der Waals surface area contributed by atoms with Crippen LogP contribution in [0.25, 0.3) is 0 Å². The number of hydrogen-bond acceptors (Lipinski definition) is 11. The van der Waals surface area contributed by atoms with E-state index in [1.54, 1.807) is 0 Å². The van der Waals surface area contributed by atoms with Crippen molar-refractivity contribution in [3.63, 3.8) is 0 Å². The van der Waals surface area contributed by atoms with Crippen LogP contribution in [0.2, 0.25) is 0 Å². The molecule has 1 aromatic rings. The molecule has 0 aliphatic heterocycles. The summed E-state index contributed by atoms with van der Waals surface area (Å²) in [6, 6.07) is 0. The van der Waals surface area contributed by atoms with E-state index in [1.807, 2.05) is 0 Å². The summed E-state index contributed by atoms with van der Waals surface area (Å²) < 4.78 is 0. The Labute approximate surface area is 121 Å². The molecule has 0 amide bonds. The summed E-state index contributed by atoms with van der Waals surface area (Å²) in [4.78, 5) is 8.02. The summed E-state index contributed by atoms with van der Waals surface area (Å²) in [7, 11) is 0. The maximum absolute atomic E-state index is 9.15. The lowest BCUT2D eigenvalue weighted by Gasteiger charge is -2.18. The molecule has 0 saturated carbocycles. The molecule has 3 atom stereocenters. The van der Waals surface area contributed by atoms with Crippen LogP contribution in [-0.4, -0.2) is 63.6 Å². The van der Waals surface area contributed by atoms with Crippen molar-refractivity contribution in [2.24, 2.45) is 17.2 Å². The predicted molar refractivity (Wildman–Crippen MR) is 78.1 cm³/mol. The SMILES string of the molecule is NC(O)CNc1ncnc(NCC(N)O)c1NCC(N)O. The van der Waals surface area contributed by atoms with Gasteiger partial charge in [0.1, 0.15) is 30.7 Å². The Morgan fingerprint density at radius 2 is 1.19 bits per heavy atom. The standard InChI is InChI=1S/C10H22N8O3/c11-5(19)1-14-8-9(15-2-6(12)20)17-4-18-10(8)16-3-7(13)21/h4-7,14,19-21H,1-3,11-13H2,(H2,15,16,17,18). The summed E-state index contributed by atoms with van der Waals surface area (Å²) in [5.74, 6) is 0.702. The van der Waals surface area contributed by atoms with E-state index in [4.69, 9.17) is 32.5 Å². The van der Waals surface area contributed by atoms with E-state index < -0.39 is 18.7 Å². The molecule has 1 aromatic heterocycles. The minimum Gasteiger partial charge on any atom is -0.377 e. The molecule has 3 unspecified atom stereocenters. The number of nitrogens with two attached hydrogens (primary N) is 3. The first-order chi connectivity index (χ1) is 9.90. The third-order valence-corrected chi connectivity index (χ3v) is 2.29. The highest BCUT2D eigenvalue weighted by Crippen LogP contribution is 2.26. The maximum Gasteiger partial charge on any atom is 0.155 e. The van der Waals surface area contributed by atoms with Gasteiger partial charge in [0.2, 0.25) is 0 Å². The number of hydrogen-bond donors (Lipinski definition) is 9. The van der Waals surface area contributed by atoms with Crippen LogP contribution in [0.4, 0.5) is 17.3 Å². The fraction of sp³-hybridized carbons (Fsp3) is 0.600. The van der Waals surface area contributed by atoms with Crippen LogP contribution >= 0.6 is 0 Å². The fourth-order valence-corrected chi connectivity index (χ4v) is 1.43. The van der Waals surface area contributed by atoms with E-state index >= 15 is 0 Å². The lowest BCUT2D eigenvalue weighted by Crippen LogP contribution is -2.32. The molecule has 0 saturated heterocycles. The van der Waals surface area contributed by atoms with Gasteiger partial charge in [0, 0.05) is 0 Å². The monoisotopic (exact) mass is 302 g/mol. The lowest BCUT2D eigenvalue weighted by molar-refractivity contribution is 0.194. The lowest BCUT2D eigenvalue weighted by atomic mass is 10.3. The van der Waals surface area contributed by atoms with Crippen molar-refractivity contribution in [1.82, 2.24) is 9.97 Å². The molecule has 0 bridgehead atoms. The Morgan fingerprint density at radius 3 is 1.57 bits per heavy atom. The van der Waals surface area contributed by atoms with Crippen LogP contribution in [0.3, 0.4) is 0 Å². The third kappa shape index (κ3) is 6.48. The van der Waals surface area contributed by atoms with Crippen LogP contribution in [0.5, 0.6) is 0 Å². The van der Waals surface area contributed by atoms with Gasteiger partial charge in [-0.2, -0.15) is 0 Å². The molecule has 11 nitrogen and oxygen atoms in total. The smallest absolute Gasteiger partial charge is 0.155 e. The van der Waals surface area contributed by atoms with Crippen molar-refractivity contribution in [3.8, 4) is 0 Å². The summed E-state index contributed by atoms with van der Waals surface area (Å²) >= 11 is 0. The van der Waals surface area contributed by atoms with Crippen molar-refractivity contribution in [2.45, 2.75) is 18.7 Å². The van der Waals surface area contributed by atoms with Crippen LogP contribution < -0.4 is 33.2 Å². The van der Waals surface area contributed by atoms with Gasteiger partial charge < -0.3 is 48.5 Å². The molecule has 12 N–H and O–H groups in total. The highest BCUT2D eigenvalue weighted by Gasteiger charge is 2.13. The summed E-state index contributed by atoms with van der Waals surface area (Å²) in [6.07, 6.45) is -1.92. The van der Waals surface area contributed by atoms with Crippen LogP contribution in [0.15, 0.2) is 6.33 Å².